The van der Waals surface area contributed by atoms with E-state index >= 15 is 0 Å². The Labute approximate surface area is 166 Å². The smallest absolute Gasteiger partial charge is 0.275 e. The van der Waals surface area contributed by atoms with Gasteiger partial charge in [0.2, 0.25) is 0 Å². The molecule has 28 heavy (non-hydrogen) atoms. The quantitative estimate of drug-likeness (QED) is 0.400. The van der Waals surface area contributed by atoms with Crippen LogP contribution in [-0.2, 0) is 13.0 Å². The molecule has 7 nitrogen and oxygen atoms in total. The highest BCUT2D eigenvalue weighted by Crippen LogP contribution is 2.36. The van der Waals surface area contributed by atoms with Crippen LogP contribution in [0.25, 0.3) is 0 Å². The molecule has 142 valence electrons. The summed E-state index contributed by atoms with van der Waals surface area (Å²) in [5.41, 5.74) is 11.2. The zero-order chi connectivity index (χ0) is 19.5. The van der Waals surface area contributed by atoms with Gasteiger partial charge in [-0.3, -0.25) is 15.0 Å². The van der Waals surface area contributed by atoms with E-state index in [9.17, 15) is 10.1 Å². The highest BCUT2D eigenvalue weighted by molar-refractivity contribution is 7.09. The Morgan fingerprint density at radius 1 is 1.21 bits per heavy atom. The van der Waals surface area contributed by atoms with Gasteiger partial charge in [0.25, 0.3) is 6.20 Å². The second-order valence-corrected chi connectivity index (χ2v) is 7.34. The van der Waals surface area contributed by atoms with Gasteiger partial charge in [-0.15, -0.1) is 11.3 Å². The first-order chi connectivity index (χ1) is 13.6. The molecule has 0 saturated carbocycles. The van der Waals surface area contributed by atoms with Crippen molar-refractivity contribution in [1.82, 2.24) is 9.88 Å². The van der Waals surface area contributed by atoms with E-state index in [1.807, 2.05) is 63.8 Å². The van der Waals surface area contributed by atoms with Gasteiger partial charge in [0.1, 0.15) is 0 Å². The molecule has 0 amide bonds. The maximum atomic E-state index is 11.5. The molecule has 0 radical (unpaired) electrons. The highest BCUT2D eigenvalue weighted by atomic mass is 32.1. The summed E-state index contributed by atoms with van der Waals surface area (Å²) in [6.45, 7) is 1.22. The fourth-order valence-electron chi connectivity index (χ4n) is 3.35. The van der Waals surface area contributed by atoms with Crippen LogP contribution in [0.1, 0.15) is 10.6 Å². The van der Waals surface area contributed by atoms with Gasteiger partial charge in [-0.2, -0.15) is 0 Å². The molecule has 8 heteroatoms. The Morgan fingerprint density at radius 3 is 2.71 bits per heavy atom. The van der Waals surface area contributed by atoms with E-state index in [1.54, 1.807) is 17.4 Å². The van der Waals surface area contributed by atoms with E-state index in [4.69, 9.17) is 5.73 Å². The van der Waals surface area contributed by atoms with Crippen molar-refractivity contribution < 1.29 is 4.92 Å². The van der Waals surface area contributed by atoms with Crippen molar-refractivity contribution in [3.63, 3.8) is 0 Å². The molecule has 0 unspecified atom stereocenters. The zero-order valence-corrected chi connectivity index (χ0v) is 15.9. The molecule has 2 N–H and O–H groups in total. The lowest BCUT2D eigenvalue weighted by atomic mass is 10.1. The standard InChI is InChI=1S/C20H19N5O2S/c21-16-8-4-5-9-18(16)25(15-6-2-1-3-7-15)20(13-24(26)27)23-11-10-17-19(12-23)28-14-22-17/h1-9,13-14H,10-12,21H2. The molecule has 1 aliphatic rings. The maximum Gasteiger partial charge on any atom is 0.275 e. The molecule has 0 aliphatic carbocycles. The number of rotatable bonds is 5. The molecule has 0 atom stereocenters. The van der Waals surface area contributed by atoms with Gasteiger partial charge in [-0.1, -0.05) is 30.3 Å². The first kappa shape index (κ1) is 18.0. The Morgan fingerprint density at radius 2 is 1.96 bits per heavy atom. The minimum atomic E-state index is -0.410. The molecular weight excluding hydrogens is 374 g/mol. The third-order valence-corrected chi connectivity index (χ3v) is 5.50. The van der Waals surface area contributed by atoms with Crippen LogP contribution in [0.15, 0.2) is 72.1 Å². The van der Waals surface area contributed by atoms with Crippen molar-refractivity contribution in [2.45, 2.75) is 13.0 Å². The lowest BCUT2D eigenvalue weighted by Gasteiger charge is -2.36. The Balaban J connectivity index is 1.83. The Hall–Kier alpha value is -3.39. The third-order valence-electron chi connectivity index (χ3n) is 4.64. The molecule has 2 aromatic carbocycles. The van der Waals surface area contributed by atoms with Crippen molar-refractivity contribution in [2.75, 3.05) is 17.2 Å². The van der Waals surface area contributed by atoms with Gasteiger partial charge in [-0.05, 0) is 24.3 Å². The summed E-state index contributed by atoms with van der Waals surface area (Å²) in [7, 11) is 0. The number of hydrogen-bond donors (Lipinski definition) is 1. The number of hydrogen-bond acceptors (Lipinski definition) is 7. The topological polar surface area (TPSA) is 88.5 Å². The molecule has 0 bridgehead atoms. The van der Waals surface area contributed by atoms with Crippen LogP contribution in [0.2, 0.25) is 0 Å². The van der Waals surface area contributed by atoms with Crippen molar-refractivity contribution in [2.24, 2.45) is 0 Å². The van der Waals surface area contributed by atoms with Crippen molar-refractivity contribution >= 4 is 28.4 Å². The summed E-state index contributed by atoms with van der Waals surface area (Å²) in [5, 5.41) is 11.5. The predicted molar refractivity (Wildman–Crippen MR) is 111 cm³/mol. The van der Waals surface area contributed by atoms with Crippen LogP contribution in [0.5, 0.6) is 0 Å². The monoisotopic (exact) mass is 393 g/mol. The van der Waals surface area contributed by atoms with Gasteiger partial charge in [-0.25, -0.2) is 4.98 Å². The number of fused-ring (bicyclic) bond motifs is 1. The fraction of sp³-hybridized carbons (Fsp3) is 0.150. The van der Waals surface area contributed by atoms with Gasteiger partial charge in [0.05, 0.1) is 34.0 Å². The average molecular weight is 393 g/mol. The van der Waals surface area contributed by atoms with Crippen LogP contribution in [0.4, 0.5) is 17.1 Å². The molecule has 0 spiro atoms. The van der Waals surface area contributed by atoms with Crippen LogP contribution in [0, 0.1) is 10.1 Å². The van der Waals surface area contributed by atoms with Crippen LogP contribution < -0.4 is 10.6 Å². The van der Waals surface area contributed by atoms with Gasteiger partial charge in [0.15, 0.2) is 5.82 Å². The van der Waals surface area contributed by atoms with Crippen molar-refractivity contribution in [3.8, 4) is 0 Å². The second-order valence-electron chi connectivity index (χ2n) is 6.40. The van der Waals surface area contributed by atoms with Gasteiger partial charge < -0.3 is 10.6 Å². The number of nitro groups is 1. The minimum Gasteiger partial charge on any atom is -0.397 e. The molecule has 4 rings (SSSR count). The summed E-state index contributed by atoms with van der Waals surface area (Å²) in [4.78, 5) is 20.5. The highest BCUT2D eigenvalue weighted by Gasteiger charge is 2.28. The number of nitrogen functional groups attached to an aromatic ring is 1. The van der Waals surface area contributed by atoms with Crippen LogP contribution in [-0.4, -0.2) is 21.4 Å². The van der Waals surface area contributed by atoms with E-state index in [0.717, 1.165) is 28.9 Å². The number of aromatic nitrogens is 1. The van der Waals surface area contributed by atoms with Crippen LogP contribution >= 0.6 is 11.3 Å². The van der Waals surface area contributed by atoms with Crippen LogP contribution in [0.3, 0.4) is 0 Å². The molecule has 0 saturated heterocycles. The zero-order valence-electron chi connectivity index (χ0n) is 15.1. The van der Waals surface area contributed by atoms with Gasteiger partial charge in [0, 0.05) is 23.5 Å². The van der Waals surface area contributed by atoms with E-state index in [0.29, 0.717) is 30.3 Å². The third kappa shape index (κ3) is 3.54. The molecule has 2 heterocycles. The second kappa shape index (κ2) is 7.69. The lowest BCUT2D eigenvalue weighted by molar-refractivity contribution is -0.404. The average Bonchev–Trinajstić information content (AvgIpc) is 3.17. The predicted octanol–water partition coefficient (Wildman–Crippen LogP) is 4.00. The largest absolute Gasteiger partial charge is 0.397 e. The summed E-state index contributed by atoms with van der Waals surface area (Å²) < 4.78 is 0. The Kier molecular flexibility index (Phi) is 4.94. The van der Waals surface area contributed by atoms with E-state index in [1.165, 1.54) is 0 Å². The number of nitrogens with zero attached hydrogens (tertiary/aromatic N) is 4. The molecule has 3 aromatic rings. The van der Waals surface area contributed by atoms with E-state index < -0.39 is 4.92 Å². The van der Waals surface area contributed by atoms with E-state index in [-0.39, 0.29) is 0 Å². The molecule has 0 fully saturated rings. The number of para-hydroxylation sites is 3. The summed E-state index contributed by atoms with van der Waals surface area (Å²) in [5.74, 6) is 0.480. The first-order valence-electron chi connectivity index (χ1n) is 8.84. The normalized spacial score (nSPS) is 13.9. The van der Waals surface area contributed by atoms with E-state index in [2.05, 4.69) is 4.98 Å². The van der Waals surface area contributed by atoms with Crippen molar-refractivity contribution in [3.05, 3.63) is 92.8 Å². The molecule has 1 aliphatic heterocycles. The first-order valence-corrected chi connectivity index (χ1v) is 9.72. The minimum absolute atomic E-state index is 0.410. The number of nitrogens with two attached hydrogens (primary N) is 1. The Bertz CT molecular complexity index is 1020. The van der Waals surface area contributed by atoms with Gasteiger partial charge >= 0.3 is 0 Å². The SMILES string of the molecule is Nc1ccccc1N(C(=C[N+](=O)[O-])N1CCc2ncsc2C1)c1ccccc1. The fourth-order valence-corrected chi connectivity index (χ4v) is 4.18. The molecular formula is C20H19N5O2S. The number of thiazole rings is 1. The molecule has 1 aromatic heterocycles. The maximum absolute atomic E-state index is 11.5. The lowest BCUT2D eigenvalue weighted by Crippen LogP contribution is -2.37. The van der Waals surface area contributed by atoms with Crippen molar-refractivity contribution in [1.29, 1.82) is 0 Å². The number of anilines is 3. The summed E-state index contributed by atoms with van der Waals surface area (Å²) in [6, 6.07) is 17.0. The number of benzene rings is 2. The summed E-state index contributed by atoms with van der Waals surface area (Å²) in [6.07, 6.45) is 1.81. The summed E-state index contributed by atoms with van der Waals surface area (Å²) >= 11 is 1.58.